The van der Waals surface area contributed by atoms with Crippen LogP contribution in [0.25, 0.3) is 0 Å². The smallest absolute Gasteiger partial charge is 0.309 e. The van der Waals surface area contributed by atoms with E-state index in [4.69, 9.17) is 4.74 Å². The third-order valence-electron chi connectivity index (χ3n) is 4.17. The van der Waals surface area contributed by atoms with Gasteiger partial charge in [0.05, 0.1) is 12.5 Å². The number of guanidine groups is 1. The van der Waals surface area contributed by atoms with Gasteiger partial charge in [-0.3, -0.25) is 9.79 Å². The number of aliphatic imine (C=N–C) groups is 1. The third kappa shape index (κ3) is 6.30. The fourth-order valence-electron chi connectivity index (χ4n) is 2.88. The Kier molecular flexibility index (Phi) is 9.75. The number of carbonyl (C=O) groups excluding carboxylic acids is 1. The van der Waals surface area contributed by atoms with Crippen LogP contribution in [-0.2, 0) is 16.0 Å². The molecule has 0 saturated carbocycles. The lowest BCUT2D eigenvalue weighted by Crippen LogP contribution is -2.47. The van der Waals surface area contributed by atoms with Gasteiger partial charge in [0.2, 0.25) is 0 Å². The molecule has 1 fully saturated rings. The number of piperidine rings is 1. The molecule has 0 aliphatic carbocycles. The lowest BCUT2D eigenvalue weighted by Gasteiger charge is -2.33. The molecular weight excluding hydrogens is 417 g/mol. The van der Waals surface area contributed by atoms with Gasteiger partial charge in [0, 0.05) is 26.7 Å². The van der Waals surface area contributed by atoms with E-state index in [2.05, 4.69) is 39.5 Å². The predicted molar refractivity (Wildman–Crippen MR) is 108 cm³/mol. The lowest BCUT2D eigenvalue weighted by molar-refractivity contribution is -0.149. The first kappa shape index (κ1) is 20.7. The van der Waals surface area contributed by atoms with Gasteiger partial charge >= 0.3 is 5.97 Å². The molecule has 0 spiro atoms. The maximum absolute atomic E-state index is 11.8. The van der Waals surface area contributed by atoms with E-state index in [0.717, 1.165) is 44.9 Å². The Morgan fingerprint density at radius 3 is 2.54 bits per heavy atom. The molecule has 1 aliphatic heterocycles. The first-order valence-electron chi connectivity index (χ1n) is 8.40. The van der Waals surface area contributed by atoms with Crippen molar-refractivity contribution in [2.45, 2.75) is 26.2 Å². The number of ether oxygens (including phenoxy) is 1. The van der Waals surface area contributed by atoms with Crippen molar-refractivity contribution >= 4 is 35.9 Å². The molecule has 2 rings (SSSR count). The summed E-state index contributed by atoms with van der Waals surface area (Å²) in [6.45, 7) is 4.85. The Balaban J connectivity index is 0.00000288. The second-order valence-electron chi connectivity index (χ2n) is 5.72. The van der Waals surface area contributed by atoms with E-state index in [-0.39, 0.29) is 35.9 Å². The predicted octanol–water partition coefficient (Wildman–Crippen LogP) is 2.70. The summed E-state index contributed by atoms with van der Waals surface area (Å²) in [5.74, 6) is 0.899. The Morgan fingerprint density at radius 2 is 1.96 bits per heavy atom. The minimum Gasteiger partial charge on any atom is -0.466 e. The van der Waals surface area contributed by atoms with Crippen molar-refractivity contribution in [3.05, 3.63) is 35.9 Å². The minimum atomic E-state index is -0.0563. The number of carbonyl (C=O) groups is 1. The van der Waals surface area contributed by atoms with Crippen LogP contribution in [0.2, 0.25) is 0 Å². The van der Waals surface area contributed by atoms with Crippen molar-refractivity contribution in [1.82, 2.24) is 10.2 Å². The number of halogens is 1. The van der Waals surface area contributed by atoms with Gasteiger partial charge in [0.25, 0.3) is 0 Å². The minimum absolute atomic E-state index is 0. The molecule has 1 aromatic rings. The van der Waals surface area contributed by atoms with Gasteiger partial charge in [-0.25, -0.2) is 0 Å². The van der Waals surface area contributed by atoms with Gasteiger partial charge in [-0.15, -0.1) is 24.0 Å². The van der Waals surface area contributed by atoms with Crippen molar-refractivity contribution in [3.8, 4) is 0 Å². The van der Waals surface area contributed by atoms with Crippen LogP contribution in [-0.4, -0.2) is 50.1 Å². The molecule has 1 heterocycles. The molecule has 134 valence electrons. The second-order valence-corrected chi connectivity index (χ2v) is 5.72. The molecule has 5 nitrogen and oxygen atoms in total. The van der Waals surface area contributed by atoms with E-state index >= 15 is 0 Å². The zero-order valence-electron chi connectivity index (χ0n) is 14.5. The van der Waals surface area contributed by atoms with Crippen LogP contribution in [0.4, 0.5) is 0 Å². The highest BCUT2D eigenvalue weighted by molar-refractivity contribution is 14.0. The molecule has 1 aliphatic rings. The van der Waals surface area contributed by atoms with Gasteiger partial charge in [-0.1, -0.05) is 30.3 Å². The number of hydrogen-bond donors (Lipinski definition) is 1. The monoisotopic (exact) mass is 445 g/mol. The largest absolute Gasteiger partial charge is 0.466 e. The van der Waals surface area contributed by atoms with Crippen molar-refractivity contribution in [1.29, 1.82) is 0 Å². The van der Waals surface area contributed by atoms with Crippen molar-refractivity contribution < 1.29 is 9.53 Å². The van der Waals surface area contributed by atoms with Gasteiger partial charge in [0.1, 0.15) is 0 Å². The highest BCUT2D eigenvalue weighted by Crippen LogP contribution is 2.18. The van der Waals surface area contributed by atoms with Crippen molar-refractivity contribution in [2.24, 2.45) is 10.9 Å². The highest BCUT2D eigenvalue weighted by Gasteiger charge is 2.27. The first-order chi connectivity index (χ1) is 11.2. The quantitative estimate of drug-likeness (QED) is 0.328. The molecule has 6 heteroatoms. The average molecular weight is 445 g/mol. The van der Waals surface area contributed by atoms with E-state index in [9.17, 15) is 4.79 Å². The van der Waals surface area contributed by atoms with Crippen LogP contribution in [0, 0.1) is 5.92 Å². The first-order valence-corrected chi connectivity index (χ1v) is 8.40. The molecule has 1 saturated heterocycles. The number of nitrogens with one attached hydrogen (secondary N) is 1. The van der Waals surface area contributed by atoms with Crippen LogP contribution < -0.4 is 5.32 Å². The fourth-order valence-corrected chi connectivity index (χ4v) is 2.88. The number of nitrogens with zero attached hydrogens (tertiary/aromatic N) is 2. The summed E-state index contributed by atoms with van der Waals surface area (Å²) in [5.41, 5.74) is 1.32. The zero-order chi connectivity index (χ0) is 16.5. The topological polar surface area (TPSA) is 53.9 Å². The number of rotatable bonds is 5. The summed E-state index contributed by atoms with van der Waals surface area (Å²) in [4.78, 5) is 18.4. The number of hydrogen-bond acceptors (Lipinski definition) is 3. The molecule has 0 atom stereocenters. The molecule has 0 unspecified atom stereocenters. The summed E-state index contributed by atoms with van der Waals surface area (Å²) >= 11 is 0. The van der Waals surface area contributed by atoms with Crippen molar-refractivity contribution in [3.63, 3.8) is 0 Å². The number of likely N-dealkylation sites (tertiary alicyclic amines) is 1. The van der Waals surface area contributed by atoms with Gasteiger partial charge < -0.3 is 15.0 Å². The highest BCUT2D eigenvalue weighted by atomic mass is 127. The second kappa shape index (κ2) is 11.3. The van der Waals surface area contributed by atoms with Crippen molar-refractivity contribution in [2.75, 3.05) is 33.3 Å². The maximum Gasteiger partial charge on any atom is 0.309 e. The molecule has 24 heavy (non-hydrogen) atoms. The van der Waals surface area contributed by atoms with Gasteiger partial charge in [-0.05, 0) is 31.7 Å². The van der Waals surface area contributed by atoms with Crippen LogP contribution in [0.1, 0.15) is 25.3 Å². The zero-order valence-corrected chi connectivity index (χ0v) is 16.9. The molecular formula is C18H28IN3O2. The van der Waals surface area contributed by atoms with E-state index in [1.54, 1.807) is 0 Å². The molecule has 1 N–H and O–H groups in total. The lowest BCUT2D eigenvalue weighted by atomic mass is 9.97. The molecule has 1 aromatic carbocycles. The molecule has 0 amide bonds. The summed E-state index contributed by atoms with van der Waals surface area (Å²) in [5, 5.41) is 3.42. The molecule has 0 aromatic heterocycles. The summed E-state index contributed by atoms with van der Waals surface area (Å²) in [6, 6.07) is 10.4. The SMILES string of the molecule is CCOC(=O)C1CCN(C(=NC)NCCc2ccccc2)CC1.I. The molecule has 0 bridgehead atoms. The summed E-state index contributed by atoms with van der Waals surface area (Å²) in [6.07, 6.45) is 2.63. The van der Waals surface area contributed by atoms with Crippen LogP contribution in [0.5, 0.6) is 0 Å². The van der Waals surface area contributed by atoms with Crippen LogP contribution in [0.15, 0.2) is 35.3 Å². The maximum atomic E-state index is 11.8. The standard InChI is InChI=1S/C18H27N3O2.HI/c1-3-23-17(22)16-10-13-21(14-11-16)18(19-2)20-12-9-15-7-5-4-6-8-15;/h4-8,16H,3,9-14H2,1-2H3,(H,19,20);1H. The Hall–Kier alpha value is -1.31. The van der Waals surface area contributed by atoms with E-state index in [0.29, 0.717) is 6.61 Å². The average Bonchev–Trinajstić information content (AvgIpc) is 2.60. The number of benzene rings is 1. The van der Waals surface area contributed by atoms with E-state index < -0.39 is 0 Å². The van der Waals surface area contributed by atoms with E-state index in [1.807, 2.05) is 20.0 Å². The Morgan fingerprint density at radius 1 is 1.29 bits per heavy atom. The van der Waals surface area contributed by atoms with Gasteiger partial charge in [-0.2, -0.15) is 0 Å². The fraction of sp³-hybridized carbons (Fsp3) is 0.556. The third-order valence-corrected chi connectivity index (χ3v) is 4.17. The molecule has 0 radical (unpaired) electrons. The summed E-state index contributed by atoms with van der Waals surface area (Å²) in [7, 11) is 1.81. The Bertz CT molecular complexity index is 514. The van der Waals surface area contributed by atoms with Gasteiger partial charge in [0.15, 0.2) is 5.96 Å². The normalized spacial score (nSPS) is 15.6. The summed E-state index contributed by atoms with van der Waals surface area (Å²) < 4.78 is 5.11. The van der Waals surface area contributed by atoms with Crippen LogP contribution in [0.3, 0.4) is 0 Å². The Labute approximate surface area is 161 Å². The van der Waals surface area contributed by atoms with Crippen LogP contribution >= 0.6 is 24.0 Å². The van der Waals surface area contributed by atoms with E-state index in [1.165, 1.54) is 5.56 Å². The number of esters is 1.